The maximum Gasteiger partial charge on any atom is 0.119 e. The van der Waals surface area contributed by atoms with Crippen molar-refractivity contribution in [1.29, 1.82) is 0 Å². The third-order valence-corrected chi connectivity index (χ3v) is 5.24. The van der Waals surface area contributed by atoms with E-state index in [1.54, 1.807) is 0 Å². The third-order valence-electron chi connectivity index (χ3n) is 3.74. The molecule has 1 unspecified atom stereocenters. The SMILES string of the molecule is CC(C)Oc1ccc(C(N)CSC2CCCCC2)cc1. The van der Waals surface area contributed by atoms with Crippen LogP contribution >= 0.6 is 11.8 Å². The zero-order valence-corrected chi connectivity index (χ0v) is 13.5. The Morgan fingerprint density at radius 1 is 1.15 bits per heavy atom. The van der Waals surface area contributed by atoms with E-state index < -0.39 is 0 Å². The third kappa shape index (κ3) is 5.02. The Bertz CT molecular complexity index is 384. The molecule has 1 atom stereocenters. The highest BCUT2D eigenvalue weighted by molar-refractivity contribution is 7.99. The van der Waals surface area contributed by atoms with Gasteiger partial charge in [-0.2, -0.15) is 11.8 Å². The summed E-state index contributed by atoms with van der Waals surface area (Å²) in [5, 5.41) is 0.832. The smallest absolute Gasteiger partial charge is 0.119 e. The second kappa shape index (κ2) is 7.94. The molecular weight excluding hydrogens is 266 g/mol. The van der Waals surface area contributed by atoms with Crippen molar-refractivity contribution in [2.45, 2.75) is 63.3 Å². The van der Waals surface area contributed by atoms with Gasteiger partial charge in [-0.1, -0.05) is 31.4 Å². The molecule has 1 aliphatic rings. The number of benzene rings is 1. The fourth-order valence-electron chi connectivity index (χ4n) is 2.63. The molecule has 1 aromatic rings. The largest absolute Gasteiger partial charge is 0.491 e. The second-order valence-corrected chi connectivity index (χ2v) is 7.27. The first-order valence-corrected chi connectivity index (χ1v) is 8.84. The molecule has 2 nitrogen and oxygen atoms in total. The number of thioether (sulfide) groups is 1. The van der Waals surface area contributed by atoms with Crippen molar-refractivity contribution < 1.29 is 4.74 Å². The molecule has 1 aliphatic carbocycles. The minimum atomic E-state index is 0.134. The molecule has 0 spiro atoms. The van der Waals surface area contributed by atoms with E-state index in [0.29, 0.717) is 0 Å². The van der Waals surface area contributed by atoms with Gasteiger partial charge in [0.15, 0.2) is 0 Å². The first kappa shape index (κ1) is 15.7. The predicted octanol–water partition coefficient (Wildman–Crippen LogP) is 4.54. The Balaban J connectivity index is 1.80. The molecule has 0 amide bonds. The summed E-state index contributed by atoms with van der Waals surface area (Å²) in [5.41, 5.74) is 7.51. The van der Waals surface area contributed by atoms with Crippen LogP contribution in [-0.4, -0.2) is 17.1 Å². The van der Waals surface area contributed by atoms with Gasteiger partial charge in [0.25, 0.3) is 0 Å². The van der Waals surface area contributed by atoms with Crippen LogP contribution in [-0.2, 0) is 0 Å². The second-order valence-electron chi connectivity index (χ2n) is 5.94. The fourth-order valence-corrected chi connectivity index (χ4v) is 3.97. The molecule has 0 bridgehead atoms. The first-order valence-electron chi connectivity index (χ1n) is 7.79. The Morgan fingerprint density at radius 2 is 1.80 bits per heavy atom. The normalized spacial score (nSPS) is 18.2. The van der Waals surface area contributed by atoms with Gasteiger partial charge in [-0.3, -0.25) is 0 Å². The first-order chi connectivity index (χ1) is 9.65. The fraction of sp³-hybridized carbons (Fsp3) is 0.647. The van der Waals surface area contributed by atoms with Crippen molar-refractivity contribution in [3.05, 3.63) is 29.8 Å². The van der Waals surface area contributed by atoms with Crippen molar-refractivity contribution in [3.63, 3.8) is 0 Å². The van der Waals surface area contributed by atoms with E-state index in [1.807, 2.05) is 26.0 Å². The van der Waals surface area contributed by atoms with Crippen LogP contribution in [0.15, 0.2) is 24.3 Å². The van der Waals surface area contributed by atoms with Gasteiger partial charge < -0.3 is 10.5 Å². The van der Waals surface area contributed by atoms with E-state index in [0.717, 1.165) is 16.8 Å². The summed E-state index contributed by atoms with van der Waals surface area (Å²) in [5.74, 6) is 1.95. The van der Waals surface area contributed by atoms with E-state index in [1.165, 1.54) is 37.7 Å². The molecule has 112 valence electrons. The van der Waals surface area contributed by atoms with Gasteiger partial charge in [0.05, 0.1) is 6.10 Å². The summed E-state index contributed by atoms with van der Waals surface area (Å²) in [4.78, 5) is 0. The van der Waals surface area contributed by atoms with Gasteiger partial charge in [-0.05, 0) is 44.4 Å². The number of ether oxygens (including phenoxy) is 1. The molecule has 1 fully saturated rings. The maximum absolute atomic E-state index is 6.30. The summed E-state index contributed by atoms with van der Waals surface area (Å²) in [6, 6.07) is 8.39. The van der Waals surface area contributed by atoms with E-state index in [2.05, 4.69) is 23.9 Å². The summed E-state index contributed by atoms with van der Waals surface area (Å²) in [6.45, 7) is 4.08. The van der Waals surface area contributed by atoms with Crippen molar-refractivity contribution in [2.75, 3.05) is 5.75 Å². The molecule has 0 aromatic heterocycles. The Kier molecular flexibility index (Phi) is 6.24. The van der Waals surface area contributed by atoms with Crippen molar-refractivity contribution in [3.8, 4) is 5.75 Å². The van der Waals surface area contributed by atoms with Crippen LogP contribution in [0.3, 0.4) is 0 Å². The average Bonchev–Trinajstić information content (AvgIpc) is 2.46. The van der Waals surface area contributed by atoms with Gasteiger partial charge in [-0.15, -0.1) is 0 Å². The van der Waals surface area contributed by atoms with E-state index >= 15 is 0 Å². The number of hydrogen-bond acceptors (Lipinski definition) is 3. The minimum absolute atomic E-state index is 0.134. The zero-order valence-electron chi connectivity index (χ0n) is 12.7. The monoisotopic (exact) mass is 293 g/mol. The van der Waals surface area contributed by atoms with Gasteiger partial charge in [-0.25, -0.2) is 0 Å². The molecule has 1 aromatic carbocycles. The lowest BCUT2D eigenvalue weighted by atomic mass is 10.0. The average molecular weight is 293 g/mol. The molecule has 20 heavy (non-hydrogen) atoms. The van der Waals surface area contributed by atoms with Crippen LogP contribution in [0, 0.1) is 0 Å². The Hall–Kier alpha value is -0.670. The standard InChI is InChI=1S/C17H27NOS/c1-13(2)19-15-10-8-14(9-11-15)17(18)12-20-16-6-4-3-5-7-16/h8-11,13,16-17H,3-7,12,18H2,1-2H3. The number of hydrogen-bond donors (Lipinski definition) is 1. The maximum atomic E-state index is 6.30. The summed E-state index contributed by atoms with van der Waals surface area (Å²) in [6.07, 6.45) is 7.18. The molecule has 2 N–H and O–H groups in total. The lowest BCUT2D eigenvalue weighted by Crippen LogP contribution is -2.17. The molecular formula is C17H27NOS. The summed E-state index contributed by atoms with van der Waals surface area (Å²) in [7, 11) is 0. The van der Waals surface area contributed by atoms with Crippen molar-refractivity contribution in [2.24, 2.45) is 5.73 Å². The summed E-state index contributed by atoms with van der Waals surface area (Å²) >= 11 is 2.06. The quantitative estimate of drug-likeness (QED) is 0.836. The zero-order chi connectivity index (χ0) is 14.4. The topological polar surface area (TPSA) is 35.2 Å². The van der Waals surface area contributed by atoms with Gasteiger partial charge in [0, 0.05) is 17.0 Å². The van der Waals surface area contributed by atoms with Gasteiger partial charge >= 0.3 is 0 Å². The molecule has 0 saturated heterocycles. The lowest BCUT2D eigenvalue weighted by Gasteiger charge is -2.22. The van der Waals surface area contributed by atoms with E-state index in [9.17, 15) is 0 Å². The molecule has 0 aliphatic heterocycles. The van der Waals surface area contributed by atoms with Crippen LogP contribution in [0.1, 0.15) is 57.6 Å². The van der Waals surface area contributed by atoms with Crippen molar-refractivity contribution >= 4 is 11.8 Å². The predicted molar refractivity (Wildman–Crippen MR) is 88.5 cm³/mol. The van der Waals surface area contributed by atoms with E-state index in [4.69, 9.17) is 10.5 Å². The van der Waals surface area contributed by atoms with Gasteiger partial charge in [0.2, 0.25) is 0 Å². The van der Waals surface area contributed by atoms with Gasteiger partial charge in [0.1, 0.15) is 5.75 Å². The highest BCUT2D eigenvalue weighted by atomic mass is 32.2. The van der Waals surface area contributed by atoms with Crippen LogP contribution < -0.4 is 10.5 Å². The highest BCUT2D eigenvalue weighted by Crippen LogP contribution is 2.30. The molecule has 0 radical (unpaired) electrons. The molecule has 0 heterocycles. The highest BCUT2D eigenvalue weighted by Gasteiger charge is 2.15. The molecule has 1 saturated carbocycles. The van der Waals surface area contributed by atoms with Crippen LogP contribution in [0.25, 0.3) is 0 Å². The minimum Gasteiger partial charge on any atom is -0.491 e. The van der Waals surface area contributed by atoms with E-state index in [-0.39, 0.29) is 12.1 Å². The van der Waals surface area contributed by atoms with Crippen LogP contribution in [0.4, 0.5) is 0 Å². The summed E-state index contributed by atoms with van der Waals surface area (Å²) < 4.78 is 5.66. The van der Waals surface area contributed by atoms with Crippen molar-refractivity contribution in [1.82, 2.24) is 0 Å². The van der Waals surface area contributed by atoms with Crippen LogP contribution in [0.5, 0.6) is 5.75 Å². The number of rotatable bonds is 6. The number of nitrogens with two attached hydrogens (primary N) is 1. The van der Waals surface area contributed by atoms with Crippen LogP contribution in [0.2, 0.25) is 0 Å². The Morgan fingerprint density at radius 3 is 2.40 bits per heavy atom. The lowest BCUT2D eigenvalue weighted by molar-refractivity contribution is 0.242. The molecule has 3 heteroatoms. The Labute approximate surface area is 127 Å². The molecule has 2 rings (SSSR count).